The van der Waals surface area contributed by atoms with Crippen molar-refractivity contribution in [3.8, 4) is 5.75 Å². The number of carbonyl (C=O) groups excluding carboxylic acids is 1. The maximum absolute atomic E-state index is 12.7. The monoisotopic (exact) mass is 482 g/mol. The van der Waals surface area contributed by atoms with Crippen LogP contribution in [0.25, 0.3) is 0 Å². The molecule has 0 N–H and O–H groups in total. The molecule has 2 aromatic rings. The van der Waals surface area contributed by atoms with Crippen LogP contribution in [0.15, 0.2) is 54.6 Å². The number of carbonyl (C=O) groups is 1. The van der Waals surface area contributed by atoms with Gasteiger partial charge < -0.3 is 14.0 Å². The first-order valence-electron chi connectivity index (χ1n) is 13.7. The van der Waals surface area contributed by atoms with Crippen LogP contribution in [0.4, 0.5) is 0 Å². The molecule has 0 saturated carbocycles. The van der Waals surface area contributed by atoms with Crippen LogP contribution in [0.5, 0.6) is 5.75 Å². The van der Waals surface area contributed by atoms with E-state index in [1.54, 1.807) is 0 Å². The fourth-order valence-electron chi connectivity index (χ4n) is 4.59. The quantitative estimate of drug-likeness (QED) is 0.128. The van der Waals surface area contributed by atoms with Gasteiger partial charge in [-0.1, -0.05) is 94.5 Å². The molecule has 1 atom stereocenters. The molecule has 194 valence electrons. The first-order chi connectivity index (χ1) is 16.9. The van der Waals surface area contributed by atoms with Gasteiger partial charge in [0.05, 0.1) is 33.9 Å². The number of benzene rings is 2. The molecule has 4 heteroatoms. The first-order valence-corrected chi connectivity index (χ1v) is 13.7. The van der Waals surface area contributed by atoms with Crippen molar-refractivity contribution in [2.75, 3.05) is 33.9 Å². The molecular weight excluding hydrogens is 434 g/mol. The van der Waals surface area contributed by atoms with Gasteiger partial charge in [-0.3, -0.25) is 4.79 Å². The SMILES string of the molecule is CCCCCCCCc1ccccc1OCCCOC(=O)C(CC)C[N+](C)(C)Cc1ccccc1. The highest BCUT2D eigenvalue weighted by Crippen LogP contribution is 2.21. The molecule has 0 amide bonds. The van der Waals surface area contributed by atoms with Crippen LogP contribution in [0.2, 0.25) is 0 Å². The topological polar surface area (TPSA) is 35.5 Å². The lowest BCUT2D eigenvalue weighted by Gasteiger charge is -2.32. The van der Waals surface area contributed by atoms with Crippen LogP contribution in [-0.4, -0.2) is 44.3 Å². The van der Waals surface area contributed by atoms with Crippen molar-refractivity contribution >= 4 is 5.97 Å². The van der Waals surface area contributed by atoms with E-state index in [9.17, 15) is 4.79 Å². The number of hydrogen-bond donors (Lipinski definition) is 0. The van der Waals surface area contributed by atoms with E-state index in [0.29, 0.717) is 19.6 Å². The summed E-state index contributed by atoms with van der Waals surface area (Å²) in [7, 11) is 4.36. The van der Waals surface area contributed by atoms with Crippen LogP contribution >= 0.6 is 0 Å². The van der Waals surface area contributed by atoms with Crippen molar-refractivity contribution in [2.24, 2.45) is 5.92 Å². The van der Waals surface area contributed by atoms with Gasteiger partial charge in [-0.25, -0.2) is 0 Å². The van der Waals surface area contributed by atoms with E-state index in [0.717, 1.165) is 36.2 Å². The predicted molar refractivity (Wildman–Crippen MR) is 145 cm³/mol. The van der Waals surface area contributed by atoms with Crippen molar-refractivity contribution in [1.82, 2.24) is 0 Å². The van der Waals surface area contributed by atoms with Gasteiger partial charge >= 0.3 is 5.97 Å². The number of para-hydroxylation sites is 1. The fourth-order valence-corrected chi connectivity index (χ4v) is 4.59. The highest BCUT2D eigenvalue weighted by Gasteiger charge is 2.27. The average Bonchev–Trinajstić information content (AvgIpc) is 2.85. The Labute approximate surface area is 214 Å². The van der Waals surface area contributed by atoms with Crippen molar-refractivity contribution < 1.29 is 18.8 Å². The molecule has 0 heterocycles. The number of rotatable bonds is 18. The molecule has 0 bridgehead atoms. The predicted octanol–water partition coefficient (Wildman–Crippen LogP) is 7.20. The van der Waals surface area contributed by atoms with Crippen molar-refractivity contribution in [3.63, 3.8) is 0 Å². The van der Waals surface area contributed by atoms with Crippen LogP contribution in [0.1, 0.15) is 76.3 Å². The average molecular weight is 483 g/mol. The van der Waals surface area contributed by atoms with Gasteiger partial charge in [-0.2, -0.15) is 0 Å². The number of ether oxygens (including phenoxy) is 2. The summed E-state index contributed by atoms with van der Waals surface area (Å²) in [5, 5.41) is 0. The molecule has 2 aromatic carbocycles. The Bertz CT molecular complexity index is 834. The number of aryl methyl sites for hydroxylation is 1. The normalized spacial score (nSPS) is 12.3. The highest BCUT2D eigenvalue weighted by molar-refractivity contribution is 5.72. The molecule has 0 aliphatic heterocycles. The number of quaternary nitrogens is 1. The van der Waals surface area contributed by atoms with E-state index in [2.05, 4.69) is 70.4 Å². The van der Waals surface area contributed by atoms with Crippen molar-refractivity contribution in [1.29, 1.82) is 0 Å². The van der Waals surface area contributed by atoms with Gasteiger partial charge in [0, 0.05) is 12.0 Å². The van der Waals surface area contributed by atoms with Crippen molar-refractivity contribution in [3.05, 3.63) is 65.7 Å². The van der Waals surface area contributed by atoms with Crippen LogP contribution in [-0.2, 0) is 22.5 Å². The second-order valence-corrected chi connectivity index (χ2v) is 10.4. The third-order valence-electron chi connectivity index (χ3n) is 6.56. The van der Waals surface area contributed by atoms with Gasteiger partial charge in [0.15, 0.2) is 0 Å². The van der Waals surface area contributed by atoms with E-state index in [4.69, 9.17) is 9.47 Å². The molecule has 0 saturated heterocycles. The lowest BCUT2D eigenvalue weighted by atomic mass is 10.0. The van der Waals surface area contributed by atoms with Crippen molar-refractivity contribution in [2.45, 2.75) is 78.2 Å². The fraction of sp³-hybridized carbons (Fsp3) is 0.581. The summed E-state index contributed by atoms with van der Waals surface area (Å²) in [6.45, 7) is 6.96. The summed E-state index contributed by atoms with van der Waals surface area (Å²) in [6.07, 6.45) is 10.3. The Balaban J connectivity index is 1.69. The smallest absolute Gasteiger partial charge is 0.314 e. The number of unbranched alkanes of at least 4 members (excludes halogenated alkanes) is 5. The zero-order chi connectivity index (χ0) is 25.4. The van der Waals surface area contributed by atoms with Gasteiger partial charge in [0.25, 0.3) is 0 Å². The molecular formula is C31H48NO3+. The molecule has 35 heavy (non-hydrogen) atoms. The molecule has 2 rings (SSSR count). The largest absolute Gasteiger partial charge is 0.493 e. The lowest BCUT2D eigenvalue weighted by Crippen LogP contribution is -2.44. The summed E-state index contributed by atoms with van der Waals surface area (Å²) in [5.41, 5.74) is 2.57. The minimum atomic E-state index is -0.0901. The van der Waals surface area contributed by atoms with Gasteiger partial charge in [-0.05, 0) is 30.9 Å². The Morgan fingerprint density at radius 1 is 0.829 bits per heavy atom. The third kappa shape index (κ3) is 11.8. The Morgan fingerprint density at radius 3 is 2.26 bits per heavy atom. The maximum Gasteiger partial charge on any atom is 0.314 e. The number of hydrogen-bond acceptors (Lipinski definition) is 3. The number of esters is 1. The Kier molecular flexibility index (Phi) is 13.5. The summed E-state index contributed by atoms with van der Waals surface area (Å²) in [6, 6.07) is 18.8. The van der Waals surface area contributed by atoms with Gasteiger partial charge in [0.2, 0.25) is 0 Å². The summed E-state index contributed by atoms with van der Waals surface area (Å²) >= 11 is 0. The van der Waals surface area contributed by atoms with E-state index in [-0.39, 0.29) is 11.9 Å². The Morgan fingerprint density at radius 2 is 1.51 bits per heavy atom. The standard InChI is InChI=1S/C31H48NO3/c1-5-7-8-9-10-14-20-29-21-15-16-22-30(29)34-23-17-24-35-31(33)28(6-2)26-32(3,4)25-27-18-12-11-13-19-27/h11-13,15-16,18-19,21-22,28H,5-10,14,17,20,23-26H2,1-4H3/q+1. The van der Waals surface area contributed by atoms with Crippen LogP contribution in [0, 0.1) is 5.92 Å². The third-order valence-corrected chi connectivity index (χ3v) is 6.56. The first kappa shape index (κ1) is 28.9. The zero-order valence-electron chi connectivity index (χ0n) is 22.6. The van der Waals surface area contributed by atoms with Gasteiger partial charge in [0.1, 0.15) is 18.2 Å². The van der Waals surface area contributed by atoms with E-state index in [1.165, 1.54) is 49.7 Å². The summed E-state index contributed by atoms with van der Waals surface area (Å²) in [5.74, 6) is 0.793. The lowest BCUT2D eigenvalue weighted by molar-refractivity contribution is -0.906. The maximum atomic E-state index is 12.7. The van der Waals surface area contributed by atoms with Gasteiger partial charge in [-0.15, -0.1) is 0 Å². The zero-order valence-corrected chi connectivity index (χ0v) is 22.6. The summed E-state index contributed by atoms with van der Waals surface area (Å²) < 4.78 is 12.5. The van der Waals surface area contributed by atoms with E-state index in [1.807, 2.05) is 12.1 Å². The second kappa shape index (κ2) is 16.4. The summed E-state index contributed by atoms with van der Waals surface area (Å²) in [4.78, 5) is 12.7. The minimum Gasteiger partial charge on any atom is -0.493 e. The Hall–Kier alpha value is -2.33. The number of nitrogens with zero attached hydrogens (tertiary/aromatic N) is 1. The van der Waals surface area contributed by atoms with Crippen LogP contribution in [0.3, 0.4) is 0 Å². The molecule has 0 radical (unpaired) electrons. The molecule has 0 spiro atoms. The molecule has 0 fully saturated rings. The molecule has 0 aromatic heterocycles. The van der Waals surface area contributed by atoms with E-state index < -0.39 is 0 Å². The highest BCUT2D eigenvalue weighted by atomic mass is 16.5. The second-order valence-electron chi connectivity index (χ2n) is 10.4. The van der Waals surface area contributed by atoms with E-state index >= 15 is 0 Å². The molecule has 0 aliphatic rings. The minimum absolute atomic E-state index is 0.0877. The van der Waals surface area contributed by atoms with Crippen LogP contribution < -0.4 is 4.74 Å². The molecule has 1 unspecified atom stereocenters. The molecule has 4 nitrogen and oxygen atoms in total. The molecule has 0 aliphatic carbocycles.